The second-order valence-electron chi connectivity index (χ2n) is 4.26. The fourth-order valence-electron chi connectivity index (χ4n) is 1.57. The molecule has 0 saturated carbocycles. The van der Waals surface area contributed by atoms with Crippen molar-refractivity contribution in [2.75, 3.05) is 19.7 Å². The van der Waals surface area contributed by atoms with E-state index < -0.39 is 0 Å². The van der Waals surface area contributed by atoms with Crippen molar-refractivity contribution < 1.29 is 15.0 Å². The highest BCUT2D eigenvalue weighted by Crippen LogP contribution is 2.11. The topological polar surface area (TPSA) is 60.8 Å². The lowest BCUT2D eigenvalue weighted by molar-refractivity contribution is 0.0881. The number of carbonyl (C=O) groups is 1. The van der Waals surface area contributed by atoms with Crippen LogP contribution < -0.4 is 0 Å². The summed E-state index contributed by atoms with van der Waals surface area (Å²) in [5, 5.41) is 18.1. The first-order chi connectivity index (χ1) is 8.04. The second kappa shape index (κ2) is 6.37. The molecule has 4 nitrogen and oxygen atoms in total. The molecule has 0 aromatic heterocycles. The predicted octanol–water partition coefficient (Wildman–Crippen LogP) is 1.28. The molecule has 4 heteroatoms. The Bertz CT molecular complexity index is 359. The lowest BCUT2D eigenvalue weighted by Gasteiger charge is -2.24. The molecule has 0 atom stereocenters. The average Bonchev–Trinajstić information content (AvgIpc) is 2.29. The summed E-state index contributed by atoms with van der Waals surface area (Å²) in [6, 6.07) is 6.42. The maximum absolute atomic E-state index is 11.9. The van der Waals surface area contributed by atoms with Crippen LogP contribution in [0.4, 0.5) is 0 Å². The standard InChI is InChI=1S/C13H19NO3/c1-10(2)14(7-8-15)9-13(17)11-3-5-12(16)6-4-11/h3-6,10,15-16H,7-9H2,1-2H3. The molecule has 0 spiro atoms. The Labute approximate surface area is 101 Å². The minimum atomic E-state index is -0.00727. The van der Waals surface area contributed by atoms with Gasteiger partial charge in [-0.05, 0) is 38.1 Å². The van der Waals surface area contributed by atoms with E-state index in [0.29, 0.717) is 12.1 Å². The van der Waals surface area contributed by atoms with Gasteiger partial charge >= 0.3 is 0 Å². The fraction of sp³-hybridized carbons (Fsp3) is 0.462. The molecule has 1 aromatic carbocycles. The Morgan fingerprint density at radius 2 is 1.88 bits per heavy atom. The molecule has 0 aliphatic heterocycles. The largest absolute Gasteiger partial charge is 0.508 e. The van der Waals surface area contributed by atoms with Crippen molar-refractivity contribution in [2.24, 2.45) is 0 Å². The van der Waals surface area contributed by atoms with E-state index >= 15 is 0 Å². The third-order valence-electron chi connectivity index (χ3n) is 2.65. The number of nitrogens with zero attached hydrogens (tertiary/aromatic N) is 1. The average molecular weight is 237 g/mol. The summed E-state index contributed by atoms with van der Waals surface area (Å²) in [5.74, 6) is 0.143. The van der Waals surface area contributed by atoms with Crippen LogP contribution >= 0.6 is 0 Å². The van der Waals surface area contributed by atoms with Crippen LogP contribution in [0.3, 0.4) is 0 Å². The predicted molar refractivity (Wildman–Crippen MR) is 66.2 cm³/mol. The molecule has 1 rings (SSSR count). The normalized spacial score (nSPS) is 11.1. The summed E-state index contributed by atoms with van der Waals surface area (Å²) in [6.07, 6.45) is 0. The third kappa shape index (κ3) is 4.17. The number of phenolic OH excluding ortho intramolecular Hbond substituents is 1. The zero-order chi connectivity index (χ0) is 12.8. The maximum atomic E-state index is 11.9. The monoisotopic (exact) mass is 237 g/mol. The molecular weight excluding hydrogens is 218 g/mol. The Balaban J connectivity index is 2.66. The van der Waals surface area contributed by atoms with E-state index in [9.17, 15) is 4.79 Å². The van der Waals surface area contributed by atoms with Crippen molar-refractivity contribution in [1.82, 2.24) is 4.90 Å². The van der Waals surface area contributed by atoms with Gasteiger partial charge in [0.25, 0.3) is 0 Å². The lowest BCUT2D eigenvalue weighted by Crippen LogP contribution is -2.37. The van der Waals surface area contributed by atoms with Gasteiger partial charge in [-0.15, -0.1) is 0 Å². The van der Waals surface area contributed by atoms with Crippen LogP contribution in [0.15, 0.2) is 24.3 Å². The Morgan fingerprint density at radius 3 is 2.35 bits per heavy atom. The Kier molecular flexibility index (Phi) is 5.12. The highest BCUT2D eigenvalue weighted by atomic mass is 16.3. The van der Waals surface area contributed by atoms with Crippen molar-refractivity contribution in [3.05, 3.63) is 29.8 Å². The van der Waals surface area contributed by atoms with E-state index in [0.717, 1.165) is 0 Å². The number of benzene rings is 1. The molecule has 0 saturated heterocycles. The minimum absolute atomic E-state index is 0.00727. The molecule has 0 unspecified atom stereocenters. The van der Waals surface area contributed by atoms with Crippen LogP contribution in [0.5, 0.6) is 5.75 Å². The molecule has 0 amide bonds. The number of carbonyl (C=O) groups excluding carboxylic acids is 1. The van der Waals surface area contributed by atoms with Gasteiger partial charge in [0.15, 0.2) is 5.78 Å². The van der Waals surface area contributed by atoms with Gasteiger partial charge in [0.05, 0.1) is 13.2 Å². The van der Waals surface area contributed by atoms with Crippen LogP contribution in [0.2, 0.25) is 0 Å². The number of aromatic hydroxyl groups is 1. The minimum Gasteiger partial charge on any atom is -0.508 e. The zero-order valence-corrected chi connectivity index (χ0v) is 10.3. The SMILES string of the molecule is CC(C)N(CCO)CC(=O)c1ccc(O)cc1. The van der Waals surface area contributed by atoms with E-state index in [2.05, 4.69) is 0 Å². The third-order valence-corrected chi connectivity index (χ3v) is 2.65. The first kappa shape index (κ1) is 13.7. The van der Waals surface area contributed by atoms with E-state index in [4.69, 9.17) is 10.2 Å². The molecule has 0 fully saturated rings. The number of hydrogen-bond acceptors (Lipinski definition) is 4. The molecular formula is C13H19NO3. The highest BCUT2D eigenvalue weighted by Gasteiger charge is 2.14. The van der Waals surface area contributed by atoms with Gasteiger partial charge in [-0.2, -0.15) is 0 Å². The highest BCUT2D eigenvalue weighted by molar-refractivity contribution is 5.97. The lowest BCUT2D eigenvalue weighted by atomic mass is 10.1. The molecule has 2 N–H and O–H groups in total. The summed E-state index contributed by atoms with van der Waals surface area (Å²) in [7, 11) is 0. The number of Topliss-reactive ketones (excluding diaryl/α,β-unsaturated/α-hetero) is 1. The van der Waals surface area contributed by atoms with Crippen molar-refractivity contribution in [2.45, 2.75) is 19.9 Å². The van der Waals surface area contributed by atoms with Crippen molar-refractivity contribution >= 4 is 5.78 Å². The molecule has 0 bridgehead atoms. The van der Waals surface area contributed by atoms with Crippen molar-refractivity contribution in [3.8, 4) is 5.75 Å². The first-order valence-corrected chi connectivity index (χ1v) is 5.71. The summed E-state index contributed by atoms with van der Waals surface area (Å²) in [5.41, 5.74) is 0.575. The number of aliphatic hydroxyl groups excluding tert-OH is 1. The molecule has 17 heavy (non-hydrogen) atoms. The Hall–Kier alpha value is -1.39. The summed E-state index contributed by atoms with van der Waals surface area (Å²) >= 11 is 0. The molecule has 0 heterocycles. The molecule has 1 aromatic rings. The van der Waals surface area contributed by atoms with Crippen LogP contribution in [0.25, 0.3) is 0 Å². The maximum Gasteiger partial charge on any atom is 0.176 e. The van der Waals surface area contributed by atoms with Gasteiger partial charge in [-0.1, -0.05) is 0 Å². The number of phenols is 1. The summed E-state index contributed by atoms with van der Waals surface area (Å²) < 4.78 is 0. The van der Waals surface area contributed by atoms with Gasteiger partial charge in [0.2, 0.25) is 0 Å². The fourth-order valence-corrected chi connectivity index (χ4v) is 1.57. The van der Waals surface area contributed by atoms with Crippen molar-refractivity contribution in [1.29, 1.82) is 0 Å². The summed E-state index contributed by atoms with van der Waals surface area (Å²) in [4.78, 5) is 13.9. The zero-order valence-electron chi connectivity index (χ0n) is 10.3. The van der Waals surface area contributed by atoms with Crippen LogP contribution in [0.1, 0.15) is 24.2 Å². The van der Waals surface area contributed by atoms with Gasteiger partial charge in [0, 0.05) is 18.2 Å². The molecule has 0 radical (unpaired) electrons. The van der Waals surface area contributed by atoms with E-state index in [-0.39, 0.29) is 30.7 Å². The van der Waals surface area contributed by atoms with Gasteiger partial charge in [-0.25, -0.2) is 0 Å². The van der Waals surface area contributed by atoms with E-state index in [1.165, 1.54) is 12.1 Å². The first-order valence-electron chi connectivity index (χ1n) is 5.71. The number of rotatable bonds is 6. The van der Waals surface area contributed by atoms with Crippen LogP contribution in [0, 0.1) is 0 Å². The Morgan fingerprint density at radius 1 is 1.29 bits per heavy atom. The van der Waals surface area contributed by atoms with E-state index in [1.54, 1.807) is 12.1 Å². The van der Waals surface area contributed by atoms with Crippen LogP contribution in [-0.4, -0.2) is 46.6 Å². The van der Waals surface area contributed by atoms with Gasteiger partial charge in [0.1, 0.15) is 5.75 Å². The molecule has 0 aliphatic rings. The van der Waals surface area contributed by atoms with Gasteiger partial charge < -0.3 is 10.2 Å². The number of aliphatic hydroxyl groups is 1. The molecule has 0 aliphatic carbocycles. The van der Waals surface area contributed by atoms with Crippen LogP contribution in [-0.2, 0) is 0 Å². The number of hydrogen-bond donors (Lipinski definition) is 2. The smallest absolute Gasteiger partial charge is 0.176 e. The quantitative estimate of drug-likeness (QED) is 0.732. The molecule has 94 valence electrons. The second-order valence-corrected chi connectivity index (χ2v) is 4.26. The van der Waals surface area contributed by atoms with E-state index in [1.807, 2.05) is 18.7 Å². The number of ketones is 1. The van der Waals surface area contributed by atoms with Gasteiger partial charge in [-0.3, -0.25) is 9.69 Å². The summed E-state index contributed by atoms with van der Waals surface area (Å²) in [6.45, 7) is 4.78. The van der Waals surface area contributed by atoms with Crippen molar-refractivity contribution in [3.63, 3.8) is 0 Å².